The first-order valence-electron chi connectivity index (χ1n) is 11.2. The van der Waals surface area contributed by atoms with Gasteiger partial charge < -0.3 is 10.6 Å². The van der Waals surface area contributed by atoms with E-state index >= 15 is 0 Å². The van der Waals surface area contributed by atoms with E-state index < -0.39 is 17.6 Å². The minimum atomic E-state index is -4.47. The quantitative estimate of drug-likeness (QED) is 0.489. The summed E-state index contributed by atoms with van der Waals surface area (Å²) >= 11 is 0. The molecule has 0 radical (unpaired) electrons. The monoisotopic (exact) mass is 468 g/mol. The molecule has 0 atom stereocenters. The highest BCUT2D eigenvalue weighted by Crippen LogP contribution is 2.43. The molecule has 5 rings (SSSR count). The molecular weight excluding hydrogens is 445 g/mol. The summed E-state index contributed by atoms with van der Waals surface area (Å²) in [5.74, 6) is -0.307. The first-order chi connectivity index (χ1) is 16.2. The van der Waals surface area contributed by atoms with E-state index in [1.165, 1.54) is 16.9 Å². The summed E-state index contributed by atoms with van der Waals surface area (Å²) in [4.78, 5) is 25.3. The van der Waals surface area contributed by atoms with Crippen LogP contribution in [-0.2, 0) is 11.0 Å². The van der Waals surface area contributed by atoms with Crippen LogP contribution < -0.4 is 10.6 Å². The topological polar surface area (TPSA) is 76.0 Å². The molecule has 176 valence electrons. The van der Waals surface area contributed by atoms with Crippen LogP contribution in [0, 0.1) is 12.8 Å². The van der Waals surface area contributed by atoms with E-state index in [1.807, 2.05) is 13.0 Å². The van der Waals surface area contributed by atoms with Gasteiger partial charge in [0, 0.05) is 23.2 Å². The lowest BCUT2D eigenvalue weighted by Gasteiger charge is -2.13. The Hall–Kier alpha value is -3.62. The number of hydrogen-bond donors (Lipinski definition) is 2. The number of aryl methyl sites for hydroxylation is 1. The molecule has 1 heterocycles. The Bertz CT molecular complexity index is 1270. The number of anilines is 2. The number of rotatable bonds is 6. The van der Waals surface area contributed by atoms with Crippen molar-refractivity contribution in [3.63, 3.8) is 0 Å². The lowest BCUT2D eigenvalue weighted by atomic mass is 10.1. The van der Waals surface area contributed by atoms with Gasteiger partial charge >= 0.3 is 6.18 Å². The highest BCUT2D eigenvalue weighted by molar-refractivity contribution is 6.06. The van der Waals surface area contributed by atoms with E-state index in [1.54, 1.807) is 18.2 Å². The van der Waals surface area contributed by atoms with Gasteiger partial charge in [-0.2, -0.15) is 18.3 Å². The number of nitrogens with one attached hydrogen (secondary N) is 2. The second-order valence-electron chi connectivity index (χ2n) is 8.92. The molecule has 0 bridgehead atoms. The Balaban J connectivity index is 1.42. The Morgan fingerprint density at radius 2 is 1.79 bits per heavy atom. The van der Waals surface area contributed by atoms with Crippen LogP contribution in [0.15, 0.2) is 48.7 Å². The van der Waals surface area contributed by atoms with Crippen molar-refractivity contribution in [3.05, 3.63) is 71.0 Å². The maximum Gasteiger partial charge on any atom is 0.416 e. The van der Waals surface area contributed by atoms with Gasteiger partial charge in [-0.25, -0.2) is 4.68 Å². The number of alkyl halides is 3. The zero-order chi connectivity index (χ0) is 24.0. The SMILES string of the molecule is Cc1ccc(NC(=O)C2CC2)cc1NC(=O)c1cnn(-c2cccc(C(F)(F)F)c2)c1C1CC1. The second-order valence-corrected chi connectivity index (χ2v) is 8.92. The van der Waals surface area contributed by atoms with Crippen LogP contribution in [0.1, 0.15) is 58.8 Å². The molecule has 2 aliphatic rings. The van der Waals surface area contributed by atoms with Crippen molar-refractivity contribution >= 4 is 23.2 Å². The third-order valence-electron chi connectivity index (χ3n) is 6.13. The summed E-state index contributed by atoms with van der Waals surface area (Å²) in [5.41, 5.74) is 2.38. The molecule has 2 saturated carbocycles. The molecular formula is C25H23F3N4O2. The van der Waals surface area contributed by atoms with Crippen molar-refractivity contribution in [1.29, 1.82) is 0 Å². The van der Waals surface area contributed by atoms with Crippen LogP contribution in [-0.4, -0.2) is 21.6 Å². The molecule has 6 nitrogen and oxygen atoms in total. The molecule has 0 aliphatic heterocycles. The van der Waals surface area contributed by atoms with E-state index in [2.05, 4.69) is 15.7 Å². The number of carbonyl (C=O) groups excluding carboxylic acids is 2. The Morgan fingerprint density at radius 1 is 1.03 bits per heavy atom. The van der Waals surface area contributed by atoms with Crippen molar-refractivity contribution in [2.24, 2.45) is 5.92 Å². The fraction of sp³-hybridized carbons (Fsp3) is 0.320. The molecule has 2 amide bonds. The molecule has 0 unspecified atom stereocenters. The lowest BCUT2D eigenvalue weighted by Crippen LogP contribution is -2.16. The maximum atomic E-state index is 13.2. The fourth-order valence-corrected chi connectivity index (χ4v) is 3.92. The smallest absolute Gasteiger partial charge is 0.326 e. The number of amides is 2. The van der Waals surface area contributed by atoms with E-state index in [-0.39, 0.29) is 23.4 Å². The number of nitrogens with zero attached hydrogens (tertiary/aromatic N) is 2. The van der Waals surface area contributed by atoms with Crippen LogP contribution in [0.25, 0.3) is 5.69 Å². The molecule has 1 aromatic heterocycles. The molecule has 2 N–H and O–H groups in total. The largest absolute Gasteiger partial charge is 0.416 e. The highest BCUT2D eigenvalue weighted by atomic mass is 19.4. The Morgan fingerprint density at radius 3 is 2.47 bits per heavy atom. The van der Waals surface area contributed by atoms with Gasteiger partial charge in [-0.3, -0.25) is 9.59 Å². The lowest BCUT2D eigenvalue weighted by molar-refractivity contribution is -0.137. The van der Waals surface area contributed by atoms with Gasteiger partial charge in [0.2, 0.25) is 5.91 Å². The van der Waals surface area contributed by atoms with Gasteiger partial charge in [-0.05, 0) is 68.5 Å². The summed E-state index contributed by atoms with van der Waals surface area (Å²) in [5, 5.41) is 10.0. The van der Waals surface area contributed by atoms with Crippen molar-refractivity contribution in [2.45, 2.75) is 44.7 Å². The summed E-state index contributed by atoms with van der Waals surface area (Å²) in [6, 6.07) is 10.2. The molecule has 2 aromatic carbocycles. The fourth-order valence-electron chi connectivity index (χ4n) is 3.92. The Kier molecular flexibility index (Phi) is 5.42. The van der Waals surface area contributed by atoms with E-state index in [0.717, 1.165) is 43.4 Å². The zero-order valence-electron chi connectivity index (χ0n) is 18.4. The number of aromatic nitrogens is 2. The van der Waals surface area contributed by atoms with Crippen LogP contribution in [0.5, 0.6) is 0 Å². The highest BCUT2D eigenvalue weighted by Gasteiger charge is 2.35. The minimum Gasteiger partial charge on any atom is -0.326 e. The molecule has 3 aromatic rings. The van der Waals surface area contributed by atoms with Gasteiger partial charge in [0.05, 0.1) is 28.7 Å². The first-order valence-corrected chi connectivity index (χ1v) is 11.2. The normalized spacial score (nSPS) is 15.8. The zero-order valence-corrected chi connectivity index (χ0v) is 18.4. The molecule has 0 saturated heterocycles. The van der Waals surface area contributed by atoms with Crippen molar-refractivity contribution < 1.29 is 22.8 Å². The third-order valence-corrected chi connectivity index (χ3v) is 6.13. The van der Waals surface area contributed by atoms with E-state index in [4.69, 9.17) is 0 Å². The average molecular weight is 468 g/mol. The third kappa shape index (κ3) is 4.55. The first kappa shape index (κ1) is 22.2. The molecule has 0 spiro atoms. The van der Waals surface area contributed by atoms with E-state index in [0.29, 0.717) is 22.6 Å². The molecule has 34 heavy (non-hydrogen) atoms. The number of carbonyl (C=O) groups is 2. The van der Waals surface area contributed by atoms with Crippen LogP contribution in [0.2, 0.25) is 0 Å². The van der Waals surface area contributed by atoms with Crippen LogP contribution >= 0.6 is 0 Å². The van der Waals surface area contributed by atoms with Gasteiger partial charge in [-0.1, -0.05) is 12.1 Å². The summed E-state index contributed by atoms with van der Waals surface area (Å²) in [7, 11) is 0. The van der Waals surface area contributed by atoms with Crippen LogP contribution in [0.3, 0.4) is 0 Å². The molecule has 2 aliphatic carbocycles. The standard InChI is InChI=1S/C25H23F3N4O2/c1-14-5-10-18(30-23(33)16-8-9-16)12-21(14)31-24(34)20-13-29-32(22(20)15-6-7-15)19-4-2-3-17(11-19)25(26,27)28/h2-5,10-13,15-16H,6-9H2,1H3,(H,30,33)(H,31,34). The molecule has 9 heteroatoms. The minimum absolute atomic E-state index is 0.0282. The van der Waals surface area contributed by atoms with Gasteiger partial charge in [0.1, 0.15) is 0 Å². The summed E-state index contributed by atoms with van der Waals surface area (Å²) in [6.07, 6.45) is 0.388. The predicted molar refractivity (Wildman–Crippen MR) is 121 cm³/mol. The van der Waals surface area contributed by atoms with Crippen molar-refractivity contribution in [1.82, 2.24) is 9.78 Å². The molecule has 2 fully saturated rings. The summed E-state index contributed by atoms with van der Waals surface area (Å²) < 4.78 is 41.1. The number of hydrogen-bond acceptors (Lipinski definition) is 3. The predicted octanol–water partition coefficient (Wildman–Crippen LogP) is 5.68. The van der Waals surface area contributed by atoms with E-state index in [9.17, 15) is 22.8 Å². The van der Waals surface area contributed by atoms with Crippen molar-refractivity contribution in [3.8, 4) is 5.69 Å². The second kappa shape index (κ2) is 8.30. The van der Waals surface area contributed by atoms with Crippen molar-refractivity contribution in [2.75, 3.05) is 10.6 Å². The van der Waals surface area contributed by atoms with Crippen LogP contribution in [0.4, 0.5) is 24.5 Å². The maximum absolute atomic E-state index is 13.2. The van der Waals surface area contributed by atoms with Gasteiger partial charge in [0.15, 0.2) is 0 Å². The average Bonchev–Trinajstić information content (AvgIpc) is 3.73. The Labute approximate surface area is 194 Å². The van der Waals surface area contributed by atoms with Gasteiger partial charge in [0.25, 0.3) is 5.91 Å². The number of benzene rings is 2. The summed E-state index contributed by atoms with van der Waals surface area (Å²) in [6.45, 7) is 1.84. The van der Waals surface area contributed by atoms with Gasteiger partial charge in [-0.15, -0.1) is 0 Å². The number of halogens is 3.